The number of hydrazine groups is 1. The molecule has 2 aromatic carbocycles. The van der Waals surface area contributed by atoms with Crippen LogP contribution in [0.2, 0.25) is 0 Å². The molecule has 4 heteroatoms. The average molecular weight is 366 g/mol. The highest BCUT2D eigenvalue weighted by Crippen LogP contribution is 2.12. The van der Waals surface area contributed by atoms with E-state index in [1.165, 1.54) is 0 Å². The fraction of sp³-hybridized carbons (Fsp3) is 0.133. The van der Waals surface area contributed by atoms with Gasteiger partial charge in [0.05, 0.1) is 5.56 Å². The lowest BCUT2D eigenvalue weighted by Crippen LogP contribution is -2.39. The molecule has 0 fully saturated rings. The van der Waals surface area contributed by atoms with Crippen LogP contribution in [0.4, 0.5) is 0 Å². The Kier molecular flexibility index (Phi) is 4.93. The van der Waals surface area contributed by atoms with Crippen molar-refractivity contribution in [1.82, 2.24) is 10.9 Å². The summed E-state index contributed by atoms with van der Waals surface area (Å²) >= 11 is 2.16. The normalized spacial score (nSPS) is 11.9. The lowest BCUT2D eigenvalue weighted by Gasteiger charge is -2.15. The quantitative estimate of drug-likeness (QED) is 0.644. The molecule has 0 aliphatic rings. The van der Waals surface area contributed by atoms with Crippen LogP contribution in [0, 0.1) is 3.57 Å². The van der Waals surface area contributed by atoms with Gasteiger partial charge in [0.15, 0.2) is 0 Å². The van der Waals surface area contributed by atoms with Gasteiger partial charge in [0.2, 0.25) is 0 Å². The Morgan fingerprint density at radius 1 is 1.05 bits per heavy atom. The Bertz CT molecular complexity index is 557. The highest BCUT2D eigenvalue weighted by molar-refractivity contribution is 14.1. The van der Waals surface area contributed by atoms with Crippen LogP contribution in [0.25, 0.3) is 0 Å². The molecule has 2 N–H and O–H groups in total. The van der Waals surface area contributed by atoms with E-state index in [2.05, 4.69) is 33.4 Å². The molecular formula is C15H15IN2O. The van der Waals surface area contributed by atoms with Gasteiger partial charge in [0, 0.05) is 9.61 Å². The van der Waals surface area contributed by atoms with Crippen molar-refractivity contribution in [2.24, 2.45) is 0 Å². The lowest BCUT2D eigenvalue weighted by atomic mass is 10.1. The van der Waals surface area contributed by atoms with Gasteiger partial charge in [-0.25, -0.2) is 5.43 Å². The molecule has 0 aromatic heterocycles. The Balaban J connectivity index is 1.96. The number of nitrogens with one attached hydrogen (secondary N) is 2. The molecule has 19 heavy (non-hydrogen) atoms. The minimum atomic E-state index is -0.118. The van der Waals surface area contributed by atoms with Crippen LogP contribution in [0.5, 0.6) is 0 Å². The zero-order valence-electron chi connectivity index (χ0n) is 10.6. The van der Waals surface area contributed by atoms with Crippen molar-refractivity contribution < 1.29 is 4.79 Å². The first-order valence-corrected chi connectivity index (χ1v) is 7.11. The molecule has 0 saturated carbocycles. The zero-order valence-corrected chi connectivity index (χ0v) is 12.7. The standard InChI is InChI=1S/C15H15IN2O/c1-11(12-7-3-2-4-8-12)17-18-15(19)13-9-5-6-10-14(13)16/h2-11,17H,1H3,(H,18,19). The first kappa shape index (κ1) is 14.0. The molecule has 98 valence electrons. The number of halogens is 1. The minimum absolute atomic E-state index is 0.0616. The van der Waals surface area contributed by atoms with Crippen LogP contribution < -0.4 is 10.9 Å². The fourth-order valence-electron chi connectivity index (χ4n) is 1.71. The van der Waals surface area contributed by atoms with Gasteiger partial charge in [0.25, 0.3) is 5.91 Å². The summed E-state index contributed by atoms with van der Waals surface area (Å²) in [4.78, 5) is 12.0. The van der Waals surface area contributed by atoms with Gasteiger partial charge in [-0.15, -0.1) is 0 Å². The summed E-state index contributed by atoms with van der Waals surface area (Å²) in [6.07, 6.45) is 0. The van der Waals surface area contributed by atoms with E-state index < -0.39 is 0 Å². The van der Waals surface area contributed by atoms with Gasteiger partial charge in [-0.05, 0) is 47.2 Å². The summed E-state index contributed by atoms with van der Waals surface area (Å²) in [6.45, 7) is 2.01. The van der Waals surface area contributed by atoms with Crippen molar-refractivity contribution in [3.05, 3.63) is 69.3 Å². The molecule has 0 spiro atoms. The molecule has 0 bridgehead atoms. The monoisotopic (exact) mass is 366 g/mol. The number of hydrogen-bond donors (Lipinski definition) is 2. The second kappa shape index (κ2) is 6.68. The Morgan fingerprint density at radius 2 is 1.68 bits per heavy atom. The van der Waals surface area contributed by atoms with Crippen molar-refractivity contribution in [1.29, 1.82) is 0 Å². The fourth-order valence-corrected chi connectivity index (χ4v) is 2.34. The van der Waals surface area contributed by atoms with Gasteiger partial charge in [-0.2, -0.15) is 0 Å². The Labute approximate surface area is 126 Å². The molecule has 1 atom stereocenters. The highest BCUT2D eigenvalue weighted by Gasteiger charge is 2.10. The van der Waals surface area contributed by atoms with Crippen molar-refractivity contribution >= 4 is 28.5 Å². The third-order valence-electron chi connectivity index (χ3n) is 2.82. The second-order valence-electron chi connectivity index (χ2n) is 4.21. The van der Waals surface area contributed by atoms with E-state index in [4.69, 9.17) is 0 Å². The van der Waals surface area contributed by atoms with Crippen LogP contribution in [0.15, 0.2) is 54.6 Å². The predicted octanol–water partition coefficient (Wildman–Crippen LogP) is 3.29. The van der Waals surface area contributed by atoms with E-state index in [9.17, 15) is 4.79 Å². The molecule has 1 amide bonds. The number of benzene rings is 2. The number of rotatable bonds is 4. The van der Waals surface area contributed by atoms with E-state index in [1.54, 1.807) is 0 Å². The molecule has 0 heterocycles. The molecule has 2 rings (SSSR count). The van der Waals surface area contributed by atoms with E-state index >= 15 is 0 Å². The molecule has 0 saturated heterocycles. The maximum atomic E-state index is 12.0. The molecule has 0 aliphatic heterocycles. The van der Waals surface area contributed by atoms with Crippen LogP contribution in [0.1, 0.15) is 28.9 Å². The SMILES string of the molecule is CC(NNC(=O)c1ccccc1I)c1ccccc1. The average Bonchev–Trinajstić information content (AvgIpc) is 2.46. The third kappa shape index (κ3) is 3.78. The second-order valence-corrected chi connectivity index (χ2v) is 5.37. The minimum Gasteiger partial charge on any atom is -0.287 e. The largest absolute Gasteiger partial charge is 0.287 e. The van der Waals surface area contributed by atoms with Crippen molar-refractivity contribution in [3.63, 3.8) is 0 Å². The molecule has 0 radical (unpaired) electrons. The number of amides is 1. The molecule has 3 nitrogen and oxygen atoms in total. The van der Waals surface area contributed by atoms with Gasteiger partial charge in [0.1, 0.15) is 0 Å². The summed E-state index contributed by atoms with van der Waals surface area (Å²) in [5.74, 6) is -0.118. The van der Waals surface area contributed by atoms with Crippen molar-refractivity contribution in [2.75, 3.05) is 0 Å². The summed E-state index contributed by atoms with van der Waals surface area (Å²) in [6, 6.07) is 17.5. The zero-order chi connectivity index (χ0) is 13.7. The predicted molar refractivity (Wildman–Crippen MR) is 84.6 cm³/mol. The van der Waals surface area contributed by atoms with Gasteiger partial charge < -0.3 is 0 Å². The smallest absolute Gasteiger partial charge is 0.266 e. The van der Waals surface area contributed by atoms with Crippen LogP contribution in [0.3, 0.4) is 0 Å². The van der Waals surface area contributed by atoms with E-state index in [1.807, 2.05) is 61.5 Å². The van der Waals surface area contributed by atoms with Gasteiger partial charge in [-0.3, -0.25) is 10.2 Å². The molecular weight excluding hydrogens is 351 g/mol. The molecule has 2 aromatic rings. The maximum absolute atomic E-state index is 12.0. The third-order valence-corrected chi connectivity index (χ3v) is 3.76. The van der Waals surface area contributed by atoms with Crippen molar-refractivity contribution in [3.8, 4) is 0 Å². The first-order valence-electron chi connectivity index (χ1n) is 6.04. The van der Waals surface area contributed by atoms with E-state index in [0.29, 0.717) is 5.56 Å². The van der Waals surface area contributed by atoms with E-state index in [-0.39, 0.29) is 11.9 Å². The van der Waals surface area contributed by atoms with Crippen molar-refractivity contribution in [2.45, 2.75) is 13.0 Å². The first-order chi connectivity index (χ1) is 9.18. The Hall–Kier alpha value is -1.40. The molecule has 1 unspecified atom stereocenters. The van der Waals surface area contributed by atoms with E-state index in [0.717, 1.165) is 9.13 Å². The Morgan fingerprint density at radius 3 is 2.37 bits per heavy atom. The summed E-state index contributed by atoms with van der Waals surface area (Å²) in [5.41, 5.74) is 7.57. The van der Waals surface area contributed by atoms with Gasteiger partial charge >= 0.3 is 0 Å². The number of carbonyl (C=O) groups is 1. The summed E-state index contributed by atoms with van der Waals surface area (Å²) in [7, 11) is 0. The van der Waals surface area contributed by atoms with Crippen LogP contribution in [-0.2, 0) is 0 Å². The molecule has 0 aliphatic carbocycles. The van der Waals surface area contributed by atoms with Gasteiger partial charge in [-0.1, -0.05) is 42.5 Å². The highest BCUT2D eigenvalue weighted by atomic mass is 127. The maximum Gasteiger partial charge on any atom is 0.266 e. The van der Waals surface area contributed by atoms with Crippen LogP contribution in [-0.4, -0.2) is 5.91 Å². The van der Waals surface area contributed by atoms with Crippen LogP contribution >= 0.6 is 22.6 Å². The number of carbonyl (C=O) groups excluding carboxylic acids is 1. The summed E-state index contributed by atoms with van der Waals surface area (Å²) in [5, 5.41) is 0. The topological polar surface area (TPSA) is 41.1 Å². The summed E-state index contributed by atoms with van der Waals surface area (Å²) < 4.78 is 0.937. The number of hydrogen-bond acceptors (Lipinski definition) is 2. The lowest BCUT2D eigenvalue weighted by molar-refractivity contribution is 0.0925.